The standard InChI is InChI=1S/C18H23NO2/c1-14-6-8-16(9-7-14)17-5-3-4-15(10-17)11-19-12-18(20)13-21-2/h3-10,18-20H,11-13H2,1-2H3. The van der Waals surface area contributed by atoms with Crippen molar-refractivity contribution in [1.82, 2.24) is 5.32 Å². The maximum Gasteiger partial charge on any atom is 0.0897 e. The summed E-state index contributed by atoms with van der Waals surface area (Å²) in [5.74, 6) is 0. The van der Waals surface area contributed by atoms with Crippen LogP contribution in [0.15, 0.2) is 48.5 Å². The second kappa shape index (κ2) is 7.93. The van der Waals surface area contributed by atoms with Gasteiger partial charge >= 0.3 is 0 Å². The maximum atomic E-state index is 9.60. The van der Waals surface area contributed by atoms with Gasteiger partial charge in [-0.3, -0.25) is 0 Å². The molecule has 2 aromatic rings. The zero-order valence-electron chi connectivity index (χ0n) is 12.7. The van der Waals surface area contributed by atoms with Gasteiger partial charge in [-0.25, -0.2) is 0 Å². The van der Waals surface area contributed by atoms with E-state index in [0.29, 0.717) is 13.2 Å². The molecule has 1 atom stereocenters. The SMILES string of the molecule is COCC(O)CNCc1cccc(-c2ccc(C)cc2)c1. The molecule has 0 fully saturated rings. The fourth-order valence-electron chi connectivity index (χ4n) is 2.24. The molecule has 21 heavy (non-hydrogen) atoms. The minimum Gasteiger partial charge on any atom is -0.389 e. The lowest BCUT2D eigenvalue weighted by molar-refractivity contribution is 0.0644. The third-order valence-corrected chi connectivity index (χ3v) is 3.38. The van der Waals surface area contributed by atoms with Crippen LogP contribution in [-0.2, 0) is 11.3 Å². The predicted octanol–water partition coefficient (Wildman–Crippen LogP) is 2.76. The number of rotatable bonds is 7. The van der Waals surface area contributed by atoms with Crippen LogP contribution in [0.5, 0.6) is 0 Å². The van der Waals surface area contributed by atoms with E-state index in [9.17, 15) is 5.11 Å². The van der Waals surface area contributed by atoms with Crippen LogP contribution in [0.25, 0.3) is 11.1 Å². The number of aliphatic hydroxyl groups is 1. The molecule has 0 aliphatic carbocycles. The third-order valence-electron chi connectivity index (χ3n) is 3.38. The Morgan fingerprint density at radius 3 is 2.57 bits per heavy atom. The molecule has 0 bridgehead atoms. The molecule has 1 unspecified atom stereocenters. The first kappa shape index (κ1) is 15.7. The minimum absolute atomic E-state index is 0.358. The Morgan fingerprint density at radius 1 is 1.10 bits per heavy atom. The highest BCUT2D eigenvalue weighted by molar-refractivity contribution is 5.64. The number of hydrogen-bond acceptors (Lipinski definition) is 3. The van der Waals surface area contributed by atoms with Crippen LogP contribution >= 0.6 is 0 Å². The van der Waals surface area contributed by atoms with Crippen molar-refractivity contribution in [1.29, 1.82) is 0 Å². The van der Waals surface area contributed by atoms with Crippen LogP contribution in [0.4, 0.5) is 0 Å². The fourth-order valence-corrected chi connectivity index (χ4v) is 2.24. The molecule has 0 amide bonds. The summed E-state index contributed by atoms with van der Waals surface area (Å²) in [5, 5.41) is 12.8. The first-order chi connectivity index (χ1) is 10.2. The van der Waals surface area contributed by atoms with Crippen LogP contribution < -0.4 is 5.32 Å². The second-order valence-electron chi connectivity index (χ2n) is 5.31. The Labute approximate surface area is 126 Å². The van der Waals surface area contributed by atoms with Crippen molar-refractivity contribution in [2.75, 3.05) is 20.3 Å². The van der Waals surface area contributed by atoms with E-state index in [1.165, 1.54) is 22.3 Å². The molecular formula is C18H23NO2. The van der Waals surface area contributed by atoms with Crippen molar-refractivity contribution < 1.29 is 9.84 Å². The summed E-state index contributed by atoms with van der Waals surface area (Å²) in [4.78, 5) is 0. The summed E-state index contributed by atoms with van der Waals surface area (Å²) >= 11 is 0. The lowest BCUT2D eigenvalue weighted by Gasteiger charge is -2.11. The normalized spacial score (nSPS) is 12.3. The molecule has 0 aliphatic heterocycles. The van der Waals surface area contributed by atoms with Crippen molar-refractivity contribution in [3.8, 4) is 11.1 Å². The number of ether oxygens (including phenoxy) is 1. The number of methoxy groups -OCH3 is 1. The highest BCUT2D eigenvalue weighted by Crippen LogP contribution is 2.20. The van der Waals surface area contributed by atoms with E-state index >= 15 is 0 Å². The van der Waals surface area contributed by atoms with Gasteiger partial charge in [0.15, 0.2) is 0 Å². The van der Waals surface area contributed by atoms with Gasteiger partial charge in [-0.05, 0) is 29.7 Å². The molecule has 0 aliphatic rings. The summed E-state index contributed by atoms with van der Waals surface area (Å²) in [7, 11) is 1.59. The summed E-state index contributed by atoms with van der Waals surface area (Å²) < 4.78 is 4.90. The van der Waals surface area contributed by atoms with Gasteiger partial charge in [0.25, 0.3) is 0 Å². The molecule has 0 saturated heterocycles. The number of aryl methyl sites for hydroxylation is 1. The number of benzene rings is 2. The largest absolute Gasteiger partial charge is 0.389 e. The molecule has 0 heterocycles. The van der Waals surface area contributed by atoms with Crippen LogP contribution in [0, 0.1) is 6.92 Å². The molecule has 0 spiro atoms. The minimum atomic E-state index is -0.463. The van der Waals surface area contributed by atoms with E-state index in [1.807, 2.05) is 0 Å². The monoisotopic (exact) mass is 285 g/mol. The van der Waals surface area contributed by atoms with Crippen molar-refractivity contribution in [3.63, 3.8) is 0 Å². The summed E-state index contributed by atoms with van der Waals surface area (Å²) in [6.07, 6.45) is -0.463. The fraction of sp³-hybridized carbons (Fsp3) is 0.333. The molecule has 0 aromatic heterocycles. The number of aliphatic hydroxyl groups excluding tert-OH is 1. The molecule has 0 saturated carbocycles. The molecule has 3 heteroatoms. The van der Waals surface area contributed by atoms with Gasteiger partial charge in [-0.15, -0.1) is 0 Å². The molecular weight excluding hydrogens is 262 g/mol. The van der Waals surface area contributed by atoms with Gasteiger partial charge in [0, 0.05) is 20.2 Å². The van der Waals surface area contributed by atoms with Gasteiger partial charge in [0.05, 0.1) is 12.7 Å². The second-order valence-corrected chi connectivity index (χ2v) is 5.31. The van der Waals surface area contributed by atoms with E-state index < -0.39 is 6.10 Å². The first-order valence-electron chi connectivity index (χ1n) is 7.23. The van der Waals surface area contributed by atoms with E-state index in [1.54, 1.807) is 7.11 Å². The van der Waals surface area contributed by atoms with Crippen molar-refractivity contribution in [3.05, 3.63) is 59.7 Å². The Bertz CT molecular complexity index is 551. The van der Waals surface area contributed by atoms with Gasteiger partial charge in [0.2, 0.25) is 0 Å². The first-order valence-corrected chi connectivity index (χ1v) is 7.23. The summed E-state index contributed by atoms with van der Waals surface area (Å²) in [6.45, 7) is 3.72. The van der Waals surface area contributed by atoms with Crippen molar-refractivity contribution >= 4 is 0 Å². The lowest BCUT2D eigenvalue weighted by atomic mass is 10.0. The Morgan fingerprint density at radius 2 is 1.86 bits per heavy atom. The van der Waals surface area contributed by atoms with E-state index in [2.05, 4.69) is 60.8 Å². The highest BCUT2D eigenvalue weighted by Gasteiger charge is 2.03. The zero-order valence-corrected chi connectivity index (χ0v) is 12.7. The molecule has 0 radical (unpaired) electrons. The molecule has 3 nitrogen and oxygen atoms in total. The molecule has 2 rings (SSSR count). The quantitative estimate of drug-likeness (QED) is 0.822. The predicted molar refractivity (Wildman–Crippen MR) is 86.2 cm³/mol. The van der Waals surface area contributed by atoms with Crippen LogP contribution in [0.3, 0.4) is 0 Å². The Kier molecular flexibility index (Phi) is 5.93. The van der Waals surface area contributed by atoms with E-state index in [-0.39, 0.29) is 0 Å². The zero-order chi connectivity index (χ0) is 15.1. The maximum absolute atomic E-state index is 9.60. The molecule has 112 valence electrons. The van der Waals surface area contributed by atoms with Crippen molar-refractivity contribution in [2.24, 2.45) is 0 Å². The van der Waals surface area contributed by atoms with Crippen LogP contribution in [0.2, 0.25) is 0 Å². The molecule has 2 N–H and O–H groups in total. The smallest absolute Gasteiger partial charge is 0.0897 e. The number of hydrogen-bond donors (Lipinski definition) is 2. The van der Waals surface area contributed by atoms with Gasteiger partial charge in [-0.2, -0.15) is 0 Å². The Balaban J connectivity index is 1.96. The van der Waals surface area contributed by atoms with E-state index in [0.717, 1.165) is 6.54 Å². The van der Waals surface area contributed by atoms with Crippen LogP contribution in [-0.4, -0.2) is 31.5 Å². The summed E-state index contributed by atoms with van der Waals surface area (Å²) in [5.41, 5.74) is 4.91. The van der Waals surface area contributed by atoms with E-state index in [4.69, 9.17) is 4.74 Å². The third kappa shape index (κ3) is 4.97. The van der Waals surface area contributed by atoms with Crippen molar-refractivity contribution in [2.45, 2.75) is 19.6 Å². The van der Waals surface area contributed by atoms with Gasteiger partial charge in [-0.1, -0.05) is 48.0 Å². The van der Waals surface area contributed by atoms with Crippen LogP contribution in [0.1, 0.15) is 11.1 Å². The van der Waals surface area contributed by atoms with Gasteiger partial charge < -0.3 is 15.2 Å². The topological polar surface area (TPSA) is 41.5 Å². The number of nitrogens with one attached hydrogen (secondary N) is 1. The average Bonchev–Trinajstić information content (AvgIpc) is 2.48. The molecule has 2 aromatic carbocycles. The average molecular weight is 285 g/mol. The van der Waals surface area contributed by atoms with Gasteiger partial charge in [0.1, 0.15) is 0 Å². The lowest BCUT2D eigenvalue weighted by Crippen LogP contribution is -2.29. The summed E-state index contributed by atoms with van der Waals surface area (Å²) in [6, 6.07) is 17.0. The highest BCUT2D eigenvalue weighted by atomic mass is 16.5. The Hall–Kier alpha value is -1.68.